The standard InChI is InChI=1S/C23H27N3O/c1-2-3-4-17-5-9-19(10-6-17)20-11-7-18(8-12-20)13-23(27)22(24)14-21-15-25-16-26-21/h5-12,15-16,22H,2-4,13-14,24H2,1H3,(H,25,26)/t22-/m0/s1. The second kappa shape index (κ2) is 9.28. The van der Waals surface area contributed by atoms with Crippen LogP contribution in [0.2, 0.25) is 0 Å². The topological polar surface area (TPSA) is 71.8 Å². The third-order valence-corrected chi connectivity index (χ3v) is 4.84. The fourth-order valence-corrected chi connectivity index (χ4v) is 3.13. The molecule has 27 heavy (non-hydrogen) atoms. The summed E-state index contributed by atoms with van der Waals surface area (Å²) in [6, 6.07) is 16.4. The number of rotatable bonds is 9. The summed E-state index contributed by atoms with van der Waals surface area (Å²) in [5.41, 5.74) is 11.6. The number of hydrogen-bond acceptors (Lipinski definition) is 3. The monoisotopic (exact) mass is 361 g/mol. The van der Waals surface area contributed by atoms with Gasteiger partial charge in [-0.1, -0.05) is 61.9 Å². The Morgan fingerprint density at radius 3 is 2.22 bits per heavy atom. The number of nitrogens with zero attached hydrogens (tertiary/aromatic N) is 1. The van der Waals surface area contributed by atoms with Crippen LogP contribution in [-0.4, -0.2) is 21.8 Å². The molecule has 3 N–H and O–H groups in total. The van der Waals surface area contributed by atoms with Gasteiger partial charge in [-0.3, -0.25) is 4.79 Å². The van der Waals surface area contributed by atoms with Crippen LogP contribution in [0.15, 0.2) is 61.1 Å². The molecule has 0 aliphatic rings. The predicted molar refractivity (Wildman–Crippen MR) is 109 cm³/mol. The van der Waals surface area contributed by atoms with Crippen LogP contribution < -0.4 is 5.73 Å². The predicted octanol–water partition coefficient (Wildman–Crippen LogP) is 4.10. The molecule has 3 aromatic rings. The molecule has 0 fully saturated rings. The molecule has 0 unspecified atom stereocenters. The zero-order valence-corrected chi connectivity index (χ0v) is 15.8. The van der Waals surface area contributed by atoms with Crippen LogP contribution in [0.1, 0.15) is 36.6 Å². The number of Topliss-reactive ketones (excluding diaryl/α,β-unsaturated/α-hetero) is 1. The molecule has 0 amide bonds. The molecular formula is C23H27N3O. The summed E-state index contributed by atoms with van der Waals surface area (Å²) < 4.78 is 0. The number of carbonyl (C=O) groups is 1. The molecule has 0 bridgehead atoms. The van der Waals surface area contributed by atoms with E-state index in [1.54, 1.807) is 12.5 Å². The van der Waals surface area contributed by atoms with Crippen molar-refractivity contribution in [2.75, 3.05) is 0 Å². The van der Waals surface area contributed by atoms with Crippen LogP contribution in [0.3, 0.4) is 0 Å². The van der Waals surface area contributed by atoms with E-state index in [9.17, 15) is 4.79 Å². The number of imidazole rings is 1. The van der Waals surface area contributed by atoms with E-state index in [0.29, 0.717) is 12.8 Å². The van der Waals surface area contributed by atoms with Gasteiger partial charge in [-0.15, -0.1) is 0 Å². The molecule has 1 aromatic heterocycles. The molecule has 140 valence electrons. The minimum Gasteiger partial charge on any atom is -0.351 e. The van der Waals surface area contributed by atoms with Crippen molar-refractivity contribution in [3.8, 4) is 11.1 Å². The van der Waals surface area contributed by atoms with E-state index in [1.165, 1.54) is 24.0 Å². The number of nitrogens with two attached hydrogens (primary N) is 1. The van der Waals surface area contributed by atoms with Gasteiger partial charge in [0.2, 0.25) is 0 Å². The lowest BCUT2D eigenvalue weighted by molar-refractivity contribution is -0.119. The van der Waals surface area contributed by atoms with Crippen molar-refractivity contribution in [1.29, 1.82) is 0 Å². The van der Waals surface area contributed by atoms with Gasteiger partial charge >= 0.3 is 0 Å². The largest absolute Gasteiger partial charge is 0.351 e. The van der Waals surface area contributed by atoms with E-state index in [1.807, 2.05) is 12.1 Å². The smallest absolute Gasteiger partial charge is 0.154 e. The van der Waals surface area contributed by atoms with E-state index < -0.39 is 6.04 Å². The van der Waals surface area contributed by atoms with E-state index in [0.717, 1.165) is 23.2 Å². The number of benzene rings is 2. The first-order chi connectivity index (χ1) is 13.2. The second-order valence-electron chi connectivity index (χ2n) is 7.01. The van der Waals surface area contributed by atoms with E-state index in [2.05, 4.69) is 53.3 Å². The highest BCUT2D eigenvalue weighted by molar-refractivity contribution is 5.86. The van der Waals surface area contributed by atoms with Gasteiger partial charge in [-0.25, -0.2) is 4.98 Å². The minimum atomic E-state index is -0.524. The normalized spacial score (nSPS) is 12.1. The number of aromatic nitrogens is 2. The van der Waals surface area contributed by atoms with Crippen molar-refractivity contribution in [2.45, 2.75) is 45.1 Å². The summed E-state index contributed by atoms with van der Waals surface area (Å²) in [6.45, 7) is 2.21. The Balaban J connectivity index is 1.58. The lowest BCUT2D eigenvalue weighted by Gasteiger charge is -2.10. The summed E-state index contributed by atoms with van der Waals surface area (Å²) in [5.74, 6) is 0.0334. The summed E-state index contributed by atoms with van der Waals surface area (Å²) in [5, 5.41) is 0. The van der Waals surface area contributed by atoms with Gasteiger partial charge in [0.1, 0.15) is 0 Å². The molecule has 0 radical (unpaired) electrons. The highest BCUT2D eigenvalue weighted by Gasteiger charge is 2.15. The maximum Gasteiger partial charge on any atom is 0.154 e. The van der Waals surface area contributed by atoms with Crippen LogP contribution in [0.5, 0.6) is 0 Å². The van der Waals surface area contributed by atoms with E-state index in [4.69, 9.17) is 5.73 Å². The molecule has 0 saturated heterocycles. The Kier molecular flexibility index (Phi) is 6.55. The first-order valence-electron chi connectivity index (χ1n) is 9.60. The Hall–Kier alpha value is -2.72. The van der Waals surface area contributed by atoms with Crippen LogP contribution in [0.4, 0.5) is 0 Å². The number of H-pyrrole nitrogens is 1. The number of aryl methyl sites for hydroxylation is 1. The van der Waals surface area contributed by atoms with E-state index >= 15 is 0 Å². The molecule has 4 heteroatoms. The van der Waals surface area contributed by atoms with Gasteiger partial charge in [-0.05, 0) is 35.1 Å². The third-order valence-electron chi connectivity index (χ3n) is 4.84. The number of ketones is 1. The van der Waals surface area contributed by atoms with Crippen LogP contribution in [0, 0.1) is 0 Å². The van der Waals surface area contributed by atoms with Crippen molar-refractivity contribution in [1.82, 2.24) is 9.97 Å². The first kappa shape index (κ1) is 19.1. The van der Waals surface area contributed by atoms with Crippen molar-refractivity contribution < 1.29 is 4.79 Å². The molecule has 0 saturated carbocycles. The fraction of sp³-hybridized carbons (Fsp3) is 0.304. The molecule has 0 aliphatic heterocycles. The number of nitrogens with one attached hydrogen (secondary N) is 1. The Morgan fingerprint density at radius 2 is 1.67 bits per heavy atom. The maximum absolute atomic E-state index is 12.4. The molecular weight excluding hydrogens is 334 g/mol. The van der Waals surface area contributed by atoms with Crippen molar-refractivity contribution in [2.24, 2.45) is 5.73 Å². The van der Waals surface area contributed by atoms with Gasteiger partial charge in [0.25, 0.3) is 0 Å². The molecule has 1 heterocycles. The molecule has 4 nitrogen and oxygen atoms in total. The summed E-state index contributed by atoms with van der Waals surface area (Å²) in [7, 11) is 0. The van der Waals surface area contributed by atoms with Gasteiger partial charge in [0.15, 0.2) is 5.78 Å². The number of carbonyl (C=O) groups excluding carboxylic acids is 1. The SMILES string of the molecule is CCCCc1ccc(-c2ccc(CC(=O)[C@@H](N)Cc3c[nH]cn3)cc2)cc1. The van der Waals surface area contributed by atoms with Crippen molar-refractivity contribution in [3.63, 3.8) is 0 Å². The molecule has 1 atom stereocenters. The average Bonchev–Trinajstić information content (AvgIpc) is 3.20. The Bertz CT molecular complexity index is 836. The Morgan fingerprint density at radius 1 is 1.04 bits per heavy atom. The molecule has 0 spiro atoms. The lowest BCUT2D eigenvalue weighted by atomic mass is 9.97. The minimum absolute atomic E-state index is 0.0334. The maximum atomic E-state index is 12.4. The zero-order chi connectivity index (χ0) is 19.1. The third kappa shape index (κ3) is 5.38. The average molecular weight is 361 g/mol. The van der Waals surface area contributed by atoms with Gasteiger partial charge in [0.05, 0.1) is 18.1 Å². The highest BCUT2D eigenvalue weighted by atomic mass is 16.1. The van der Waals surface area contributed by atoms with Gasteiger partial charge < -0.3 is 10.7 Å². The number of hydrogen-bond donors (Lipinski definition) is 2. The first-order valence-corrected chi connectivity index (χ1v) is 9.60. The molecule has 0 aliphatic carbocycles. The second-order valence-corrected chi connectivity index (χ2v) is 7.01. The van der Waals surface area contributed by atoms with Crippen LogP contribution >= 0.6 is 0 Å². The fourth-order valence-electron chi connectivity index (χ4n) is 3.13. The highest BCUT2D eigenvalue weighted by Crippen LogP contribution is 2.21. The number of unbranched alkanes of at least 4 members (excludes halogenated alkanes) is 1. The zero-order valence-electron chi connectivity index (χ0n) is 15.8. The van der Waals surface area contributed by atoms with Crippen molar-refractivity contribution >= 4 is 5.78 Å². The summed E-state index contributed by atoms with van der Waals surface area (Å²) in [6.07, 6.45) is 7.76. The quantitative estimate of drug-likeness (QED) is 0.603. The number of aromatic amines is 1. The molecule has 2 aromatic carbocycles. The van der Waals surface area contributed by atoms with Crippen LogP contribution in [-0.2, 0) is 24.1 Å². The Labute approximate surface area is 160 Å². The summed E-state index contributed by atoms with van der Waals surface area (Å²) >= 11 is 0. The van der Waals surface area contributed by atoms with Crippen molar-refractivity contribution in [3.05, 3.63) is 77.9 Å². The lowest BCUT2D eigenvalue weighted by Crippen LogP contribution is -2.34. The van der Waals surface area contributed by atoms with Gasteiger partial charge in [-0.2, -0.15) is 0 Å². The van der Waals surface area contributed by atoms with Gasteiger partial charge in [0, 0.05) is 19.0 Å². The van der Waals surface area contributed by atoms with E-state index in [-0.39, 0.29) is 5.78 Å². The summed E-state index contributed by atoms with van der Waals surface area (Å²) in [4.78, 5) is 19.4. The van der Waals surface area contributed by atoms with Crippen LogP contribution in [0.25, 0.3) is 11.1 Å². The molecule has 3 rings (SSSR count).